The van der Waals surface area contributed by atoms with Crippen LogP contribution in [0.1, 0.15) is 39.0 Å². The Morgan fingerprint density at radius 3 is 2.38 bits per heavy atom. The van der Waals surface area contributed by atoms with Gasteiger partial charge in [-0.2, -0.15) is 0 Å². The third-order valence-electron chi connectivity index (χ3n) is 4.05. The van der Waals surface area contributed by atoms with Crippen molar-refractivity contribution < 1.29 is 14.3 Å². The predicted octanol–water partition coefficient (Wildman–Crippen LogP) is 4.20. The molecule has 0 radical (unpaired) electrons. The summed E-state index contributed by atoms with van der Waals surface area (Å²) in [7, 11) is 0. The van der Waals surface area contributed by atoms with Crippen LogP contribution in [0.3, 0.4) is 0 Å². The van der Waals surface area contributed by atoms with E-state index >= 15 is 0 Å². The zero-order chi connectivity index (χ0) is 18.4. The van der Waals surface area contributed by atoms with E-state index in [1.807, 2.05) is 72.9 Å². The second kappa shape index (κ2) is 9.14. The Kier molecular flexibility index (Phi) is 6.63. The molecule has 1 amide bonds. The lowest BCUT2D eigenvalue weighted by molar-refractivity contribution is -0.124. The van der Waals surface area contributed by atoms with Crippen molar-refractivity contribution in [3.8, 4) is 0 Å². The number of amides is 1. The average Bonchev–Trinajstić information content (AvgIpc) is 3.21. The fraction of sp³-hybridized carbons (Fsp3) is 0.300. The molecule has 1 N–H and O–H groups in total. The van der Waals surface area contributed by atoms with Crippen LogP contribution in [0.5, 0.6) is 0 Å². The van der Waals surface area contributed by atoms with Gasteiger partial charge in [-0.1, -0.05) is 42.5 Å². The predicted molar refractivity (Wildman–Crippen MR) is 107 cm³/mol. The van der Waals surface area contributed by atoms with Crippen LogP contribution >= 0.6 is 23.5 Å². The number of nitrogens with one attached hydrogen (secondary N) is 1. The molecule has 1 fully saturated rings. The molecular formula is C20H21NO3S2. The molecule has 2 aromatic carbocycles. The highest BCUT2D eigenvalue weighted by Gasteiger charge is 2.19. The average molecular weight is 388 g/mol. The van der Waals surface area contributed by atoms with E-state index in [4.69, 9.17) is 4.74 Å². The maximum absolute atomic E-state index is 12.1. The third kappa shape index (κ3) is 5.05. The van der Waals surface area contributed by atoms with Gasteiger partial charge in [-0.25, -0.2) is 4.79 Å². The van der Waals surface area contributed by atoms with Gasteiger partial charge < -0.3 is 10.1 Å². The quantitative estimate of drug-likeness (QED) is 0.753. The van der Waals surface area contributed by atoms with E-state index in [1.54, 1.807) is 12.1 Å². The van der Waals surface area contributed by atoms with Crippen molar-refractivity contribution in [2.45, 2.75) is 17.5 Å². The van der Waals surface area contributed by atoms with Crippen LogP contribution < -0.4 is 5.32 Å². The number of esters is 1. The van der Waals surface area contributed by atoms with Gasteiger partial charge in [0.1, 0.15) is 0 Å². The first-order valence-electron chi connectivity index (χ1n) is 8.48. The van der Waals surface area contributed by atoms with E-state index in [1.165, 1.54) is 5.56 Å². The summed E-state index contributed by atoms with van der Waals surface area (Å²) in [5.41, 5.74) is 2.68. The highest BCUT2D eigenvalue weighted by atomic mass is 32.2. The smallest absolute Gasteiger partial charge is 0.338 e. The highest BCUT2D eigenvalue weighted by Crippen LogP contribution is 2.45. The fourth-order valence-corrected chi connectivity index (χ4v) is 5.51. The number of benzene rings is 2. The summed E-state index contributed by atoms with van der Waals surface area (Å²) in [5.74, 6) is 1.53. The van der Waals surface area contributed by atoms with Gasteiger partial charge in [-0.15, -0.1) is 23.5 Å². The number of carbonyl (C=O) groups excluding carboxylic acids is 2. The molecule has 6 heteroatoms. The Hall–Kier alpha value is -1.92. The van der Waals surface area contributed by atoms with Crippen LogP contribution in [0, 0.1) is 0 Å². The topological polar surface area (TPSA) is 55.4 Å². The van der Waals surface area contributed by atoms with Gasteiger partial charge in [0.2, 0.25) is 0 Å². The molecule has 1 aliphatic rings. The minimum Gasteiger partial charge on any atom is -0.452 e. The Labute approximate surface area is 162 Å². The van der Waals surface area contributed by atoms with E-state index in [-0.39, 0.29) is 18.6 Å². The second-order valence-electron chi connectivity index (χ2n) is 5.97. The normalized spacial score (nSPS) is 15.4. The summed E-state index contributed by atoms with van der Waals surface area (Å²) in [4.78, 5) is 24.1. The Bertz CT molecular complexity index is 743. The minimum absolute atomic E-state index is 0.136. The lowest BCUT2D eigenvalue weighted by Crippen LogP contribution is -2.31. The summed E-state index contributed by atoms with van der Waals surface area (Å²) >= 11 is 3.84. The zero-order valence-corrected chi connectivity index (χ0v) is 16.1. The van der Waals surface area contributed by atoms with Gasteiger partial charge >= 0.3 is 5.97 Å². The van der Waals surface area contributed by atoms with Crippen molar-refractivity contribution in [2.75, 3.05) is 18.1 Å². The van der Waals surface area contributed by atoms with Crippen LogP contribution in [-0.2, 0) is 9.53 Å². The number of thioether (sulfide) groups is 2. The first-order valence-corrected chi connectivity index (χ1v) is 10.6. The standard InChI is InChI=1S/C20H21NO3S2/c1-14(15-5-3-2-4-6-15)21-18(22)13-24-19(23)16-7-9-17(10-8-16)20-25-11-12-26-20/h2-10,14,20H,11-13H2,1H3,(H,21,22)/t14-/m0/s1. The van der Waals surface area contributed by atoms with Crippen molar-refractivity contribution >= 4 is 35.4 Å². The van der Waals surface area contributed by atoms with Crippen molar-refractivity contribution in [1.29, 1.82) is 0 Å². The summed E-state index contributed by atoms with van der Waals surface area (Å²) in [5, 5.41) is 2.83. The monoisotopic (exact) mass is 387 g/mol. The largest absolute Gasteiger partial charge is 0.452 e. The molecule has 0 aliphatic carbocycles. The maximum atomic E-state index is 12.1. The van der Waals surface area contributed by atoms with Crippen molar-refractivity contribution in [3.05, 3.63) is 71.3 Å². The molecule has 0 saturated carbocycles. The first-order chi connectivity index (χ1) is 12.6. The number of hydrogen-bond acceptors (Lipinski definition) is 5. The number of hydrogen-bond donors (Lipinski definition) is 1. The van der Waals surface area contributed by atoms with E-state index in [0.29, 0.717) is 10.1 Å². The van der Waals surface area contributed by atoms with E-state index in [9.17, 15) is 9.59 Å². The van der Waals surface area contributed by atoms with Gasteiger partial charge in [0.15, 0.2) is 6.61 Å². The number of carbonyl (C=O) groups is 2. The van der Waals surface area contributed by atoms with Crippen molar-refractivity contribution in [2.24, 2.45) is 0 Å². The molecule has 0 aromatic heterocycles. The van der Waals surface area contributed by atoms with Crippen molar-refractivity contribution in [3.63, 3.8) is 0 Å². The lowest BCUT2D eigenvalue weighted by Gasteiger charge is -2.14. The summed E-state index contributed by atoms with van der Waals surface area (Å²) in [6.45, 7) is 1.61. The highest BCUT2D eigenvalue weighted by molar-refractivity contribution is 8.19. The van der Waals surface area contributed by atoms with Crippen LogP contribution in [-0.4, -0.2) is 30.0 Å². The van der Waals surface area contributed by atoms with Crippen LogP contribution in [0.2, 0.25) is 0 Å². The first kappa shape index (κ1) is 18.9. The SMILES string of the molecule is C[C@H](NC(=O)COC(=O)c1ccc(C2SCCS2)cc1)c1ccccc1. The molecule has 3 rings (SSSR count). The second-order valence-corrected chi connectivity index (χ2v) is 8.70. The molecule has 1 aliphatic heterocycles. The molecule has 1 saturated heterocycles. The maximum Gasteiger partial charge on any atom is 0.338 e. The van der Waals surface area contributed by atoms with Gasteiger partial charge in [-0.05, 0) is 30.2 Å². The van der Waals surface area contributed by atoms with Gasteiger partial charge in [0, 0.05) is 11.5 Å². The molecule has 0 bridgehead atoms. The van der Waals surface area contributed by atoms with Gasteiger partial charge in [-0.3, -0.25) is 4.79 Å². The molecule has 136 valence electrons. The van der Waals surface area contributed by atoms with E-state index in [0.717, 1.165) is 17.1 Å². The third-order valence-corrected chi connectivity index (χ3v) is 7.16. The Balaban J connectivity index is 1.48. The summed E-state index contributed by atoms with van der Waals surface area (Å²) in [6, 6.07) is 17.0. The molecular weight excluding hydrogens is 366 g/mol. The van der Waals surface area contributed by atoms with Crippen LogP contribution in [0.15, 0.2) is 54.6 Å². The molecule has 4 nitrogen and oxygen atoms in total. The Morgan fingerprint density at radius 2 is 1.73 bits per heavy atom. The minimum atomic E-state index is -0.481. The fourth-order valence-electron chi connectivity index (χ4n) is 2.65. The summed E-state index contributed by atoms with van der Waals surface area (Å²) < 4.78 is 5.58. The zero-order valence-electron chi connectivity index (χ0n) is 14.5. The van der Waals surface area contributed by atoms with Crippen molar-refractivity contribution in [1.82, 2.24) is 5.32 Å². The lowest BCUT2D eigenvalue weighted by atomic mass is 10.1. The number of rotatable bonds is 6. The van der Waals surface area contributed by atoms with Gasteiger partial charge in [0.25, 0.3) is 5.91 Å². The molecule has 2 aromatic rings. The van der Waals surface area contributed by atoms with E-state index in [2.05, 4.69) is 5.32 Å². The summed E-state index contributed by atoms with van der Waals surface area (Å²) in [6.07, 6.45) is 0. The molecule has 1 heterocycles. The molecule has 0 spiro atoms. The Morgan fingerprint density at radius 1 is 1.08 bits per heavy atom. The molecule has 26 heavy (non-hydrogen) atoms. The van der Waals surface area contributed by atoms with Crippen LogP contribution in [0.4, 0.5) is 0 Å². The van der Waals surface area contributed by atoms with Crippen LogP contribution in [0.25, 0.3) is 0 Å². The number of ether oxygens (including phenoxy) is 1. The molecule has 0 unspecified atom stereocenters. The van der Waals surface area contributed by atoms with E-state index < -0.39 is 5.97 Å². The molecule has 1 atom stereocenters. The van der Waals surface area contributed by atoms with Gasteiger partial charge in [0.05, 0.1) is 16.2 Å².